The van der Waals surface area contributed by atoms with Crippen LogP contribution in [0.15, 0.2) is 82.0 Å². The Balaban J connectivity index is 1.47. The highest BCUT2D eigenvalue weighted by Crippen LogP contribution is 2.29. The maximum atomic E-state index is 13.2. The molecule has 0 saturated carbocycles. The van der Waals surface area contributed by atoms with Crippen molar-refractivity contribution < 1.29 is 18.7 Å². The number of hydrogen-bond donors (Lipinski definition) is 0. The highest BCUT2D eigenvalue weighted by atomic mass is 16.5. The van der Waals surface area contributed by atoms with Crippen LogP contribution >= 0.6 is 0 Å². The molecule has 0 fully saturated rings. The van der Waals surface area contributed by atoms with E-state index in [2.05, 4.69) is 0 Å². The van der Waals surface area contributed by atoms with Crippen molar-refractivity contribution >= 4 is 28.5 Å². The molecule has 1 atom stereocenters. The summed E-state index contributed by atoms with van der Waals surface area (Å²) in [5.74, 6) is -0.599. The average Bonchev–Trinajstić information content (AvgIpc) is 2.90. The minimum absolute atomic E-state index is 0.107. The number of benzene rings is 3. The van der Waals surface area contributed by atoms with Gasteiger partial charge in [0.25, 0.3) is 5.91 Å². The topological polar surface area (TPSA) is 76.8 Å². The molecular weight excluding hydrogens is 442 g/mol. The van der Waals surface area contributed by atoms with Crippen molar-refractivity contribution in [1.29, 1.82) is 0 Å². The Morgan fingerprint density at radius 1 is 0.971 bits per heavy atom. The molecule has 0 aliphatic carbocycles. The molecule has 0 radical (unpaired) electrons. The van der Waals surface area contributed by atoms with Crippen molar-refractivity contribution in [2.75, 3.05) is 11.4 Å². The Hall–Kier alpha value is -4.19. The average molecular weight is 468 g/mol. The summed E-state index contributed by atoms with van der Waals surface area (Å²) >= 11 is 0. The van der Waals surface area contributed by atoms with Crippen molar-refractivity contribution in [3.05, 3.63) is 99.7 Å². The monoisotopic (exact) mass is 467 g/mol. The van der Waals surface area contributed by atoms with E-state index in [0.29, 0.717) is 23.3 Å². The van der Waals surface area contributed by atoms with Gasteiger partial charge < -0.3 is 14.1 Å². The second-order valence-corrected chi connectivity index (χ2v) is 8.70. The van der Waals surface area contributed by atoms with E-state index in [1.807, 2.05) is 54.6 Å². The Bertz CT molecular complexity index is 1490. The van der Waals surface area contributed by atoms with Crippen LogP contribution in [0.4, 0.5) is 5.69 Å². The molecule has 176 valence electrons. The number of fused-ring (bicyclic) bond motifs is 2. The molecule has 2 heterocycles. The van der Waals surface area contributed by atoms with Crippen molar-refractivity contribution in [1.82, 2.24) is 0 Å². The summed E-state index contributed by atoms with van der Waals surface area (Å²) in [5, 5.41) is 0.292. The van der Waals surface area contributed by atoms with E-state index in [1.54, 1.807) is 36.9 Å². The molecule has 0 saturated heterocycles. The van der Waals surface area contributed by atoms with Crippen LogP contribution < -0.4 is 10.3 Å². The first-order valence-electron chi connectivity index (χ1n) is 11.7. The SMILES string of the molecule is Cc1c(-c2ccccc2)oc2c(C(=O)OC(C)C(=O)N3CCCc4ccccc43)cccc2c1=O. The number of ether oxygens (including phenoxy) is 1. The molecule has 3 aromatic carbocycles. The number of aryl methyl sites for hydroxylation is 1. The summed E-state index contributed by atoms with van der Waals surface area (Å²) in [6, 6.07) is 21.8. The number of carbonyl (C=O) groups excluding carboxylic acids is 2. The Labute approximate surface area is 202 Å². The smallest absolute Gasteiger partial charge is 0.342 e. The van der Waals surface area contributed by atoms with Gasteiger partial charge in [0.1, 0.15) is 11.3 Å². The van der Waals surface area contributed by atoms with Crippen LogP contribution in [0.1, 0.15) is 34.8 Å². The van der Waals surface area contributed by atoms with Crippen LogP contribution in [0.5, 0.6) is 0 Å². The van der Waals surface area contributed by atoms with Gasteiger partial charge in [-0.1, -0.05) is 54.6 Å². The van der Waals surface area contributed by atoms with Crippen molar-refractivity contribution in [3.63, 3.8) is 0 Å². The number of carbonyl (C=O) groups is 2. The zero-order chi connectivity index (χ0) is 24.5. The second-order valence-electron chi connectivity index (χ2n) is 8.70. The zero-order valence-corrected chi connectivity index (χ0v) is 19.6. The van der Waals surface area contributed by atoms with E-state index in [4.69, 9.17) is 9.15 Å². The summed E-state index contributed by atoms with van der Waals surface area (Å²) < 4.78 is 11.7. The summed E-state index contributed by atoms with van der Waals surface area (Å²) in [6.07, 6.45) is 0.751. The van der Waals surface area contributed by atoms with Crippen LogP contribution in [0.2, 0.25) is 0 Å². The lowest BCUT2D eigenvalue weighted by molar-refractivity contribution is -0.126. The first kappa shape index (κ1) is 22.6. The van der Waals surface area contributed by atoms with Gasteiger partial charge in [-0.15, -0.1) is 0 Å². The zero-order valence-electron chi connectivity index (χ0n) is 19.6. The van der Waals surface area contributed by atoms with Crippen LogP contribution in [0.25, 0.3) is 22.3 Å². The maximum absolute atomic E-state index is 13.2. The molecule has 1 unspecified atom stereocenters. The number of para-hydroxylation sites is 2. The predicted molar refractivity (Wildman–Crippen MR) is 135 cm³/mol. The van der Waals surface area contributed by atoms with Crippen LogP contribution in [-0.2, 0) is 16.0 Å². The molecule has 0 spiro atoms. The highest BCUT2D eigenvalue weighted by molar-refractivity contribution is 6.04. The molecule has 35 heavy (non-hydrogen) atoms. The molecule has 1 amide bonds. The predicted octanol–water partition coefficient (Wildman–Crippen LogP) is 5.29. The van der Waals surface area contributed by atoms with Gasteiger partial charge in [-0.2, -0.15) is 0 Å². The molecule has 0 N–H and O–H groups in total. The number of hydrogen-bond acceptors (Lipinski definition) is 5. The highest BCUT2D eigenvalue weighted by Gasteiger charge is 2.29. The molecule has 0 bridgehead atoms. The maximum Gasteiger partial charge on any atom is 0.342 e. The molecule has 5 rings (SSSR count). The largest absolute Gasteiger partial charge is 0.455 e. The quantitative estimate of drug-likeness (QED) is 0.381. The normalized spacial score (nSPS) is 13.8. The molecule has 6 nitrogen and oxygen atoms in total. The summed E-state index contributed by atoms with van der Waals surface area (Å²) in [7, 11) is 0. The van der Waals surface area contributed by atoms with E-state index in [1.165, 1.54) is 0 Å². The van der Waals surface area contributed by atoms with Crippen molar-refractivity contribution in [2.24, 2.45) is 0 Å². The van der Waals surface area contributed by atoms with E-state index >= 15 is 0 Å². The Morgan fingerprint density at radius 2 is 1.71 bits per heavy atom. The minimum Gasteiger partial charge on any atom is -0.455 e. The first-order valence-corrected chi connectivity index (χ1v) is 11.7. The standard InChI is InChI=1S/C29H25NO5/c1-18-25(31)22-14-8-15-23(27(22)35-26(18)21-11-4-3-5-12-21)29(33)34-19(2)28(32)30-17-9-13-20-10-6-7-16-24(20)30/h3-8,10-12,14-16,19H,9,13,17H2,1-2H3. The van der Waals surface area contributed by atoms with Gasteiger partial charge in [0.15, 0.2) is 17.1 Å². The number of amides is 1. The molecular formula is C29H25NO5. The molecule has 1 aliphatic heterocycles. The Kier molecular flexibility index (Phi) is 5.95. The van der Waals surface area contributed by atoms with Crippen LogP contribution in [-0.4, -0.2) is 24.5 Å². The number of anilines is 1. The van der Waals surface area contributed by atoms with Gasteiger partial charge in [0, 0.05) is 23.4 Å². The lowest BCUT2D eigenvalue weighted by Gasteiger charge is -2.31. The number of nitrogens with zero attached hydrogens (tertiary/aromatic N) is 1. The first-order chi connectivity index (χ1) is 17.0. The second kappa shape index (κ2) is 9.22. The van der Waals surface area contributed by atoms with E-state index in [-0.39, 0.29) is 22.5 Å². The lowest BCUT2D eigenvalue weighted by atomic mass is 10.0. The number of rotatable bonds is 4. The Morgan fingerprint density at radius 3 is 2.51 bits per heavy atom. The molecule has 4 aromatic rings. The third-order valence-electron chi connectivity index (χ3n) is 6.41. The van der Waals surface area contributed by atoms with Crippen molar-refractivity contribution in [3.8, 4) is 11.3 Å². The molecule has 6 heteroatoms. The van der Waals surface area contributed by atoms with Gasteiger partial charge in [-0.3, -0.25) is 9.59 Å². The van der Waals surface area contributed by atoms with Crippen LogP contribution in [0.3, 0.4) is 0 Å². The summed E-state index contributed by atoms with van der Waals surface area (Å²) in [6.45, 7) is 3.84. The van der Waals surface area contributed by atoms with Gasteiger partial charge in [0.2, 0.25) is 0 Å². The van der Waals surface area contributed by atoms with Crippen molar-refractivity contribution in [2.45, 2.75) is 32.8 Å². The van der Waals surface area contributed by atoms with Gasteiger partial charge in [-0.25, -0.2) is 4.79 Å². The van der Waals surface area contributed by atoms with E-state index in [9.17, 15) is 14.4 Å². The van der Waals surface area contributed by atoms with Crippen LogP contribution in [0, 0.1) is 6.92 Å². The van der Waals surface area contributed by atoms with E-state index in [0.717, 1.165) is 29.7 Å². The van der Waals surface area contributed by atoms with Gasteiger partial charge >= 0.3 is 5.97 Å². The molecule has 1 aromatic heterocycles. The third-order valence-corrected chi connectivity index (χ3v) is 6.41. The van der Waals surface area contributed by atoms with Gasteiger partial charge in [0.05, 0.1) is 5.39 Å². The summed E-state index contributed by atoms with van der Waals surface area (Å²) in [4.78, 5) is 41.2. The summed E-state index contributed by atoms with van der Waals surface area (Å²) in [5.41, 5.74) is 3.19. The third kappa shape index (κ3) is 4.12. The fourth-order valence-electron chi connectivity index (χ4n) is 4.59. The minimum atomic E-state index is -1.00. The number of esters is 1. The fourth-order valence-corrected chi connectivity index (χ4v) is 4.59. The molecule has 1 aliphatic rings. The van der Waals surface area contributed by atoms with Gasteiger partial charge in [-0.05, 0) is 50.5 Å². The van der Waals surface area contributed by atoms with E-state index < -0.39 is 12.1 Å². The lowest BCUT2D eigenvalue weighted by Crippen LogP contribution is -2.42. The fraction of sp³-hybridized carbons (Fsp3) is 0.207.